The number of amides is 1. The van der Waals surface area contributed by atoms with Crippen molar-refractivity contribution in [3.63, 3.8) is 0 Å². The predicted octanol–water partition coefficient (Wildman–Crippen LogP) is -0.515. The quantitative estimate of drug-likeness (QED) is 0.795. The molecule has 134 valence electrons. The number of carbonyl (C=O) groups excluding carboxylic acids is 2. The average molecular weight is 345 g/mol. The number of carboxylic acid groups (broad SMARTS) is 1. The summed E-state index contributed by atoms with van der Waals surface area (Å²) in [5.41, 5.74) is 0.391. The van der Waals surface area contributed by atoms with Crippen molar-refractivity contribution in [2.75, 3.05) is 26.2 Å². The molecule has 1 saturated heterocycles. The molecule has 2 rings (SSSR count). The molecule has 1 fully saturated rings. The van der Waals surface area contributed by atoms with Gasteiger partial charge in [-0.1, -0.05) is 12.1 Å². The molecule has 0 bridgehead atoms. The highest BCUT2D eigenvalue weighted by molar-refractivity contribution is 5.72. The van der Waals surface area contributed by atoms with E-state index in [1.165, 1.54) is 0 Å². The normalized spacial score (nSPS) is 16.8. The second kappa shape index (κ2) is 7.53. The Balaban J connectivity index is 2.07. The second-order valence-electron chi connectivity index (χ2n) is 7.11. The lowest BCUT2D eigenvalue weighted by molar-refractivity contribution is -0.928. The number of hydrogen-bond acceptors (Lipinski definition) is 5. The molecule has 1 aliphatic rings. The molecule has 1 heterocycles. The fourth-order valence-corrected chi connectivity index (χ4v) is 2.92. The predicted molar refractivity (Wildman–Crippen MR) is 87.4 cm³/mol. The molecule has 0 saturated carbocycles. The topological polar surface area (TPSA) is 97.9 Å². The van der Waals surface area contributed by atoms with Crippen LogP contribution in [0, 0.1) is 11.3 Å². The summed E-state index contributed by atoms with van der Waals surface area (Å²) in [7, 11) is 0. The fraction of sp³-hybridized carbons (Fsp3) is 0.500. The lowest BCUT2D eigenvalue weighted by Crippen LogP contribution is -3.16. The van der Waals surface area contributed by atoms with E-state index in [-0.39, 0.29) is 6.09 Å². The molecule has 1 aromatic rings. The van der Waals surface area contributed by atoms with Gasteiger partial charge >= 0.3 is 6.09 Å². The Bertz CT molecular complexity index is 682. The first-order chi connectivity index (χ1) is 11.7. The van der Waals surface area contributed by atoms with Crippen LogP contribution in [0.4, 0.5) is 4.79 Å². The molecule has 0 radical (unpaired) electrons. The summed E-state index contributed by atoms with van der Waals surface area (Å²) in [6.45, 7) is 7.17. The molecular formula is C18H23N3O4. The monoisotopic (exact) mass is 345 g/mol. The Labute approximate surface area is 147 Å². The first kappa shape index (κ1) is 18.7. The number of aliphatic carboxylic acids is 1. The van der Waals surface area contributed by atoms with Gasteiger partial charge in [-0.25, -0.2) is 4.79 Å². The molecule has 7 nitrogen and oxygen atoms in total. The van der Waals surface area contributed by atoms with E-state index < -0.39 is 17.6 Å². The summed E-state index contributed by atoms with van der Waals surface area (Å²) in [5, 5.41) is 20.7. The first-order valence-corrected chi connectivity index (χ1v) is 8.24. The first-order valence-electron chi connectivity index (χ1n) is 8.24. The highest BCUT2D eigenvalue weighted by Gasteiger charge is 2.33. The summed E-state index contributed by atoms with van der Waals surface area (Å²) < 4.78 is 5.35. The summed E-state index contributed by atoms with van der Waals surface area (Å²) in [5.74, 6) is -1.18. The number of carbonyl (C=O) groups is 2. The van der Waals surface area contributed by atoms with E-state index in [9.17, 15) is 14.7 Å². The van der Waals surface area contributed by atoms with Crippen LogP contribution in [0.3, 0.4) is 0 Å². The molecule has 0 aromatic heterocycles. The number of rotatable bonds is 3. The van der Waals surface area contributed by atoms with Crippen LogP contribution in [0.5, 0.6) is 0 Å². The van der Waals surface area contributed by atoms with Crippen LogP contribution in [0.1, 0.15) is 37.9 Å². The maximum absolute atomic E-state index is 12.1. The average Bonchev–Trinajstić information content (AvgIpc) is 2.54. The molecule has 0 aliphatic carbocycles. The number of hydrogen-bond donors (Lipinski definition) is 1. The zero-order chi connectivity index (χ0) is 18.6. The minimum absolute atomic E-state index is 0.386. The third-order valence-electron chi connectivity index (χ3n) is 4.05. The molecule has 7 heteroatoms. The Morgan fingerprint density at radius 2 is 1.96 bits per heavy atom. The van der Waals surface area contributed by atoms with E-state index >= 15 is 0 Å². The zero-order valence-corrected chi connectivity index (χ0v) is 14.7. The number of quaternary nitrogens is 1. The van der Waals surface area contributed by atoms with Crippen molar-refractivity contribution in [3.05, 3.63) is 35.4 Å². The van der Waals surface area contributed by atoms with Gasteiger partial charge in [-0.2, -0.15) is 5.26 Å². The SMILES string of the molecule is CC(C)(C)OC(=O)N1CC[NH+]([C@H](C(=O)[O-])c2cccc(C#N)c2)CC1. The maximum Gasteiger partial charge on any atom is 0.410 e. The molecule has 25 heavy (non-hydrogen) atoms. The number of nitrogens with one attached hydrogen (secondary N) is 1. The highest BCUT2D eigenvalue weighted by Crippen LogP contribution is 2.13. The van der Waals surface area contributed by atoms with E-state index in [1.807, 2.05) is 6.07 Å². The van der Waals surface area contributed by atoms with Crippen molar-refractivity contribution < 1.29 is 24.3 Å². The van der Waals surface area contributed by atoms with Crippen LogP contribution in [0.15, 0.2) is 24.3 Å². The Morgan fingerprint density at radius 3 is 2.48 bits per heavy atom. The zero-order valence-electron chi connectivity index (χ0n) is 14.7. The van der Waals surface area contributed by atoms with E-state index in [4.69, 9.17) is 10.00 Å². The maximum atomic E-state index is 12.1. The third kappa shape index (κ3) is 4.94. The van der Waals surface area contributed by atoms with E-state index in [2.05, 4.69) is 0 Å². The third-order valence-corrected chi connectivity index (χ3v) is 4.05. The minimum Gasteiger partial charge on any atom is -0.544 e. The lowest BCUT2D eigenvalue weighted by Gasteiger charge is -2.37. The van der Waals surface area contributed by atoms with Gasteiger partial charge in [0.2, 0.25) is 0 Å². The summed E-state index contributed by atoms with van der Waals surface area (Å²) in [4.78, 5) is 26.2. The van der Waals surface area contributed by atoms with Gasteiger partial charge < -0.3 is 19.5 Å². The van der Waals surface area contributed by atoms with E-state index in [0.29, 0.717) is 37.3 Å². The highest BCUT2D eigenvalue weighted by atomic mass is 16.6. The molecule has 0 unspecified atom stereocenters. The standard InChI is InChI=1S/C18H23N3O4/c1-18(2,3)25-17(24)21-9-7-20(8-10-21)15(16(22)23)14-6-4-5-13(11-14)12-19/h4-6,11,15H,7-10H2,1-3H3,(H,22,23)/t15-/m0/s1. The van der Waals surface area contributed by atoms with Gasteiger partial charge in [0, 0.05) is 5.56 Å². The summed E-state index contributed by atoms with van der Waals surface area (Å²) in [6.07, 6.45) is -0.386. The molecule has 1 N–H and O–H groups in total. The molecule has 1 amide bonds. The van der Waals surface area contributed by atoms with Gasteiger partial charge in [0.05, 0.1) is 37.8 Å². The van der Waals surface area contributed by atoms with Crippen molar-refractivity contribution in [2.24, 2.45) is 0 Å². The minimum atomic E-state index is -1.18. The van der Waals surface area contributed by atoms with E-state index in [0.717, 1.165) is 4.90 Å². The second-order valence-corrected chi connectivity index (χ2v) is 7.11. The lowest BCUT2D eigenvalue weighted by atomic mass is 10.0. The smallest absolute Gasteiger partial charge is 0.410 e. The number of ether oxygens (including phenoxy) is 1. The van der Waals surface area contributed by atoms with Crippen LogP contribution in [-0.4, -0.2) is 48.7 Å². The molecular weight excluding hydrogens is 322 g/mol. The van der Waals surface area contributed by atoms with Gasteiger partial charge in [0.25, 0.3) is 0 Å². The number of nitriles is 1. The van der Waals surface area contributed by atoms with Gasteiger partial charge in [0.1, 0.15) is 11.6 Å². The number of benzene rings is 1. The van der Waals surface area contributed by atoms with Crippen molar-refractivity contribution in [1.29, 1.82) is 5.26 Å². The largest absolute Gasteiger partial charge is 0.544 e. The molecule has 1 aliphatic heterocycles. The van der Waals surface area contributed by atoms with Gasteiger partial charge in [-0.05, 0) is 32.9 Å². The fourth-order valence-electron chi connectivity index (χ4n) is 2.92. The Morgan fingerprint density at radius 1 is 1.32 bits per heavy atom. The van der Waals surface area contributed by atoms with Crippen LogP contribution in [-0.2, 0) is 9.53 Å². The van der Waals surface area contributed by atoms with Crippen LogP contribution < -0.4 is 10.0 Å². The summed E-state index contributed by atoms with van der Waals surface area (Å²) >= 11 is 0. The molecule has 0 spiro atoms. The van der Waals surface area contributed by atoms with Gasteiger partial charge in [-0.15, -0.1) is 0 Å². The van der Waals surface area contributed by atoms with Crippen LogP contribution in [0.25, 0.3) is 0 Å². The number of piperazine rings is 1. The summed E-state index contributed by atoms with van der Waals surface area (Å²) in [6, 6.07) is 7.71. The van der Waals surface area contributed by atoms with Crippen LogP contribution in [0.2, 0.25) is 0 Å². The van der Waals surface area contributed by atoms with E-state index in [1.54, 1.807) is 49.9 Å². The van der Waals surface area contributed by atoms with Crippen molar-refractivity contribution >= 4 is 12.1 Å². The van der Waals surface area contributed by atoms with Crippen molar-refractivity contribution in [1.82, 2.24) is 4.90 Å². The van der Waals surface area contributed by atoms with Gasteiger partial charge in [-0.3, -0.25) is 4.90 Å². The number of carboxylic acids is 1. The molecule has 1 aromatic carbocycles. The number of nitrogens with zero attached hydrogens (tertiary/aromatic N) is 2. The Hall–Kier alpha value is -2.59. The van der Waals surface area contributed by atoms with Crippen LogP contribution >= 0.6 is 0 Å². The molecule has 1 atom stereocenters. The van der Waals surface area contributed by atoms with Gasteiger partial charge in [0.15, 0.2) is 6.04 Å². The van der Waals surface area contributed by atoms with Crippen molar-refractivity contribution in [2.45, 2.75) is 32.4 Å². The van der Waals surface area contributed by atoms with Crippen molar-refractivity contribution in [3.8, 4) is 6.07 Å². The Kier molecular flexibility index (Phi) is 5.65.